The Bertz CT molecular complexity index is 923. The molecule has 6 heteroatoms. The van der Waals surface area contributed by atoms with Gasteiger partial charge in [0.25, 0.3) is 0 Å². The largest absolute Gasteiger partial charge is 0.346 e. The van der Waals surface area contributed by atoms with E-state index in [1.807, 2.05) is 23.0 Å². The molecule has 0 atom stereocenters. The van der Waals surface area contributed by atoms with E-state index >= 15 is 0 Å². The number of hydrogen-bond donors (Lipinski definition) is 0. The summed E-state index contributed by atoms with van der Waals surface area (Å²) in [4.78, 5) is 6.47. The molecule has 0 saturated carbocycles. The average Bonchev–Trinajstić information content (AvgIpc) is 3.19. The van der Waals surface area contributed by atoms with Gasteiger partial charge in [0.05, 0.1) is 25.0 Å². The van der Waals surface area contributed by atoms with Crippen LogP contribution in [0.5, 0.6) is 0 Å². The van der Waals surface area contributed by atoms with Crippen LogP contribution in [0.4, 0.5) is 10.2 Å². The summed E-state index contributed by atoms with van der Waals surface area (Å²) >= 11 is 0. The summed E-state index contributed by atoms with van der Waals surface area (Å²) in [6.07, 6.45) is 1.87. The lowest BCUT2D eigenvalue weighted by molar-refractivity contribution is 0.620. The highest BCUT2D eigenvalue weighted by molar-refractivity contribution is 5.46. The number of pyridine rings is 1. The molecule has 0 fully saturated rings. The minimum atomic E-state index is -0.237. The Morgan fingerprint density at radius 2 is 1.96 bits per heavy atom. The first-order chi connectivity index (χ1) is 11.7. The van der Waals surface area contributed by atoms with Crippen molar-refractivity contribution in [2.24, 2.45) is 0 Å². The fourth-order valence-electron chi connectivity index (χ4n) is 2.93. The predicted octanol–water partition coefficient (Wildman–Crippen LogP) is 2.86. The topological polar surface area (TPSA) is 57.7 Å². The fourth-order valence-corrected chi connectivity index (χ4v) is 2.93. The maximum absolute atomic E-state index is 13.0. The summed E-state index contributed by atoms with van der Waals surface area (Å²) in [5.41, 5.74) is 3.70. The molecule has 118 valence electrons. The Kier molecular flexibility index (Phi) is 3.47. The molecule has 1 aliphatic heterocycles. The number of fused-ring (bicyclic) bond motifs is 1. The molecule has 3 aromatic rings. The van der Waals surface area contributed by atoms with Crippen molar-refractivity contribution >= 4 is 5.82 Å². The van der Waals surface area contributed by atoms with Crippen LogP contribution in [-0.4, -0.2) is 14.8 Å². The molecule has 2 aromatic heterocycles. The molecule has 0 aliphatic carbocycles. The Morgan fingerprint density at radius 3 is 2.75 bits per heavy atom. The van der Waals surface area contributed by atoms with Crippen molar-refractivity contribution in [2.45, 2.75) is 19.6 Å². The second kappa shape index (κ2) is 5.78. The van der Waals surface area contributed by atoms with Gasteiger partial charge in [-0.2, -0.15) is 10.4 Å². The fraction of sp³-hybridized carbons (Fsp3) is 0.167. The Morgan fingerprint density at radius 1 is 1.12 bits per heavy atom. The molecule has 0 spiro atoms. The van der Waals surface area contributed by atoms with Crippen molar-refractivity contribution < 1.29 is 4.39 Å². The third-order valence-electron chi connectivity index (χ3n) is 4.16. The minimum absolute atomic E-state index is 0.237. The van der Waals surface area contributed by atoms with E-state index in [9.17, 15) is 4.39 Å². The minimum Gasteiger partial charge on any atom is -0.346 e. The van der Waals surface area contributed by atoms with E-state index in [1.165, 1.54) is 12.1 Å². The molecule has 1 aliphatic rings. The monoisotopic (exact) mass is 319 g/mol. The SMILES string of the molecule is N#Cc1cccc(N2Cc3cnn(Cc4ccc(F)cc4)c3C2)n1. The number of anilines is 1. The molecular formula is C18H14FN5. The Balaban J connectivity index is 1.56. The summed E-state index contributed by atoms with van der Waals surface area (Å²) in [7, 11) is 0. The number of hydrogen-bond acceptors (Lipinski definition) is 4. The predicted molar refractivity (Wildman–Crippen MR) is 86.6 cm³/mol. The maximum atomic E-state index is 13.0. The number of nitrogens with zero attached hydrogens (tertiary/aromatic N) is 5. The van der Waals surface area contributed by atoms with Crippen LogP contribution < -0.4 is 4.90 Å². The normalized spacial score (nSPS) is 12.9. The van der Waals surface area contributed by atoms with Crippen molar-refractivity contribution in [3.05, 3.63) is 77.0 Å². The summed E-state index contributed by atoms with van der Waals surface area (Å²) in [6, 6.07) is 14.0. The molecule has 0 bridgehead atoms. The molecule has 0 radical (unpaired) electrons. The van der Waals surface area contributed by atoms with Gasteiger partial charge in [-0.15, -0.1) is 0 Å². The van der Waals surface area contributed by atoms with Gasteiger partial charge >= 0.3 is 0 Å². The first-order valence-electron chi connectivity index (χ1n) is 7.63. The number of halogens is 1. The van der Waals surface area contributed by atoms with E-state index in [-0.39, 0.29) is 5.82 Å². The number of rotatable bonds is 3. The molecule has 1 aromatic carbocycles. The van der Waals surface area contributed by atoms with Crippen LogP contribution in [0.15, 0.2) is 48.7 Å². The molecule has 3 heterocycles. The molecule has 0 unspecified atom stereocenters. The Hall–Kier alpha value is -3.20. The van der Waals surface area contributed by atoms with Gasteiger partial charge in [-0.1, -0.05) is 18.2 Å². The van der Waals surface area contributed by atoms with Crippen molar-refractivity contribution in [2.75, 3.05) is 4.90 Å². The molecule has 0 saturated heterocycles. The standard InChI is InChI=1S/C18H14FN5/c19-15-6-4-13(5-7-15)10-24-17-12-23(11-14(17)9-21-24)18-3-1-2-16(8-20)22-18/h1-7,9H,10-12H2. The zero-order chi connectivity index (χ0) is 16.5. The number of benzene rings is 1. The van der Waals surface area contributed by atoms with Crippen LogP contribution in [0, 0.1) is 17.1 Å². The Labute approximate surface area is 138 Å². The van der Waals surface area contributed by atoms with Crippen molar-refractivity contribution in [1.29, 1.82) is 5.26 Å². The average molecular weight is 319 g/mol. The van der Waals surface area contributed by atoms with E-state index < -0.39 is 0 Å². The van der Waals surface area contributed by atoms with Crippen LogP contribution in [0.3, 0.4) is 0 Å². The first kappa shape index (κ1) is 14.4. The first-order valence-corrected chi connectivity index (χ1v) is 7.63. The lowest BCUT2D eigenvalue weighted by Crippen LogP contribution is -2.18. The van der Waals surface area contributed by atoms with Crippen LogP contribution in [0.2, 0.25) is 0 Å². The molecule has 0 amide bonds. The van der Waals surface area contributed by atoms with Crippen molar-refractivity contribution in [3.8, 4) is 6.07 Å². The van der Waals surface area contributed by atoms with Gasteiger partial charge in [-0.05, 0) is 29.8 Å². The molecule has 0 N–H and O–H groups in total. The van der Waals surface area contributed by atoms with E-state index in [4.69, 9.17) is 5.26 Å². The highest BCUT2D eigenvalue weighted by Gasteiger charge is 2.24. The van der Waals surface area contributed by atoms with Crippen molar-refractivity contribution in [1.82, 2.24) is 14.8 Å². The smallest absolute Gasteiger partial charge is 0.142 e. The molecular weight excluding hydrogens is 305 g/mol. The summed E-state index contributed by atoms with van der Waals surface area (Å²) in [6.45, 7) is 2.02. The van der Waals surface area contributed by atoms with Gasteiger partial charge < -0.3 is 4.90 Å². The summed E-state index contributed by atoms with van der Waals surface area (Å²) in [5.74, 6) is 0.553. The third kappa shape index (κ3) is 2.61. The molecule has 4 rings (SSSR count). The second-order valence-corrected chi connectivity index (χ2v) is 5.75. The number of nitriles is 1. The van der Waals surface area contributed by atoms with Gasteiger partial charge in [0.1, 0.15) is 23.4 Å². The number of aromatic nitrogens is 3. The summed E-state index contributed by atoms with van der Waals surface area (Å²) in [5, 5.41) is 13.4. The van der Waals surface area contributed by atoms with Crippen molar-refractivity contribution in [3.63, 3.8) is 0 Å². The zero-order valence-electron chi connectivity index (χ0n) is 12.9. The lowest BCUT2D eigenvalue weighted by atomic mass is 10.2. The van der Waals surface area contributed by atoms with Gasteiger partial charge in [0.15, 0.2) is 0 Å². The van der Waals surface area contributed by atoms with E-state index in [2.05, 4.69) is 21.1 Å². The summed E-state index contributed by atoms with van der Waals surface area (Å²) < 4.78 is 15.0. The zero-order valence-corrected chi connectivity index (χ0v) is 12.9. The highest BCUT2D eigenvalue weighted by Crippen LogP contribution is 2.27. The molecule has 5 nitrogen and oxygen atoms in total. The lowest BCUT2D eigenvalue weighted by Gasteiger charge is -2.17. The van der Waals surface area contributed by atoms with E-state index in [1.54, 1.807) is 18.2 Å². The maximum Gasteiger partial charge on any atom is 0.142 e. The van der Waals surface area contributed by atoms with Crippen LogP contribution in [0.1, 0.15) is 22.5 Å². The highest BCUT2D eigenvalue weighted by atomic mass is 19.1. The van der Waals surface area contributed by atoms with Gasteiger partial charge in [0, 0.05) is 12.1 Å². The molecule has 24 heavy (non-hydrogen) atoms. The van der Waals surface area contributed by atoms with E-state index in [0.717, 1.165) is 29.2 Å². The second-order valence-electron chi connectivity index (χ2n) is 5.75. The van der Waals surface area contributed by atoms with Gasteiger partial charge in [-0.3, -0.25) is 4.68 Å². The van der Waals surface area contributed by atoms with Crippen LogP contribution in [0.25, 0.3) is 0 Å². The van der Waals surface area contributed by atoms with Gasteiger partial charge in [0.2, 0.25) is 0 Å². The van der Waals surface area contributed by atoms with Gasteiger partial charge in [-0.25, -0.2) is 9.37 Å². The third-order valence-corrected chi connectivity index (χ3v) is 4.16. The van der Waals surface area contributed by atoms with E-state index in [0.29, 0.717) is 18.8 Å². The van der Waals surface area contributed by atoms with Crippen LogP contribution >= 0.6 is 0 Å². The van der Waals surface area contributed by atoms with Crippen LogP contribution in [-0.2, 0) is 19.6 Å². The quantitative estimate of drug-likeness (QED) is 0.745.